The largest absolute Gasteiger partial charge is 0.486 e. The van der Waals surface area contributed by atoms with Crippen molar-refractivity contribution >= 4 is 5.91 Å². The van der Waals surface area contributed by atoms with Crippen molar-refractivity contribution in [3.8, 4) is 22.8 Å². The maximum absolute atomic E-state index is 11.8. The topological polar surface area (TPSA) is 86.7 Å². The Morgan fingerprint density at radius 2 is 2.00 bits per heavy atom. The highest BCUT2D eigenvalue weighted by Gasteiger charge is 2.15. The van der Waals surface area contributed by atoms with Crippen LogP contribution in [0, 0.1) is 0 Å². The van der Waals surface area contributed by atoms with E-state index in [-0.39, 0.29) is 18.2 Å². The number of benzene rings is 1. The van der Waals surface area contributed by atoms with Crippen molar-refractivity contribution in [2.45, 2.75) is 6.54 Å². The summed E-state index contributed by atoms with van der Waals surface area (Å²) < 4.78 is 21.4. The number of hydrogen-bond donors (Lipinski definition) is 1. The predicted molar refractivity (Wildman–Crippen MR) is 82.8 cm³/mol. The standard InChI is InChI=1S/C17H14N2O5/c20-17(14-2-1-5-21-14)18-10-12-9-15(24-19-12)11-3-4-13-16(8-11)23-7-6-22-13/h1-5,8-9H,6-7,10H2,(H,18,20). The summed E-state index contributed by atoms with van der Waals surface area (Å²) in [5.74, 6) is 1.95. The van der Waals surface area contributed by atoms with Crippen LogP contribution in [0.2, 0.25) is 0 Å². The van der Waals surface area contributed by atoms with Gasteiger partial charge >= 0.3 is 0 Å². The SMILES string of the molecule is O=C(NCc1cc(-c2ccc3c(c2)OCCO3)on1)c1ccco1. The maximum atomic E-state index is 11.8. The van der Waals surface area contributed by atoms with Crippen LogP contribution in [0.1, 0.15) is 16.2 Å². The van der Waals surface area contributed by atoms with Gasteiger partial charge in [-0.2, -0.15) is 0 Å². The van der Waals surface area contributed by atoms with Gasteiger partial charge in [-0.15, -0.1) is 0 Å². The molecule has 0 saturated heterocycles. The quantitative estimate of drug-likeness (QED) is 0.793. The molecule has 2 aromatic heterocycles. The zero-order valence-corrected chi connectivity index (χ0v) is 12.7. The van der Waals surface area contributed by atoms with E-state index in [4.69, 9.17) is 18.4 Å². The molecule has 1 aliphatic heterocycles. The van der Waals surface area contributed by atoms with Crippen LogP contribution in [0.3, 0.4) is 0 Å². The number of hydrogen-bond acceptors (Lipinski definition) is 6. The molecule has 0 fully saturated rings. The molecule has 3 heterocycles. The summed E-state index contributed by atoms with van der Waals surface area (Å²) in [6.45, 7) is 1.32. The van der Waals surface area contributed by atoms with E-state index in [0.29, 0.717) is 30.4 Å². The molecule has 0 unspecified atom stereocenters. The third-order valence-corrected chi connectivity index (χ3v) is 3.56. The molecule has 0 aliphatic carbocycles. The molecule has 3 aromatic rings. The number of amides is 1. The summed E-state index contributed by atoms with van der Waals surface area (Å²) in [5, 5.41) is 6.68. The zero-order chi connectivity index (χ0) is 16.4. The maximum Gasteiger partial charge on any atom is 0.287 e. The van der Waals surface area contributed by atoms with E-state index in [2.05, 4.69) is 10.5 Å². The van der Waals surface area contributed by atoms with Crippen molar-refractivity contribution in [3.05, 3.63) is 54.1 Å². The molecule has 0 saturated carbocycles. The van der Waals surface area contributed by atoms with Crippen LogP contribution < -0.4 is 14.8 Å². The lowest BCUT2D eigenvalue weighted by Gasteiger charge is -2.18. The second kappa shape index (κ2) is 6.11. The van der Waals surface area contributed by atoms with E-state index in [1.807, 2.05) is 18.2 Å². The van der Waals surface area contributed by atoms with Gasteiger partial charge in [0.05, 0.1) is 12.8 Å². The van der Waals surface area contributed by atoms with Gasteiger partial charge in [0.1, 0.15) is 18.9 Å². The number of fused-ring (bicyclic) bond motifs is 1. The number of nitrogens with zero attached hydrogens (tertiary/aromatic N) is 1. The minimum absolute atomic E-state index is 0.244. The van der Waals surface area contributed by atoms with E-state index in [0.717, 1.165) is 11.3 Å². The summed E-state index contributed by atoms with van der Waals surface area (Å²) in [6.07, 6.45) is 1.45. The number of ether oxygens (including phenoxy) is 2. The first-order chi connectivity index (χ1) is 11.8. The highest BCUT2D eigenvalue weighted by molar-refractivity contribution is 5.91. The monoisotopic (exact) mass is 326 g/mol. The number of aromatic nitrogens is 1. The van der Waals surface area contributed by atoms with Gasteiger partial charge in [-0.3, -0.25) is 4.79 Å². The summed E-state index contributed by atoms with van der Waals surface area (Å²) in [4.78, 5) is 11.8. The van der Waals surface area contributed by atoms with Crippen molar-refractivity contribution in [3.63, 3.8) is 0 Å². The van der Waals surface area contributed by atoms with Gasteiger partial charge in [-0.05, 0) is 30.3 Å². The highest BCUT2D eigenvalue weighted by Crippen LogP contribution is 2.34. The molecule has 0 bridgehead atoms. The summed E-state index contributed by atoms with van der Waals surface area (Å²) >= 11 is 0. The Balaban J connectivity index is 1.46. The van der Waals surface area contributed by atoms with Crippen molar-refractivity contribution in [1.29, 1.82) is 0 Å². The van der Waals surface area contributed by atoms with Crippen molar-refractivity contribution in [2.24, 2.45) is 0 Å². The third-order valence-electron chi connectivity index (χ3n) is 3.56. The van der Waals surface area contributed by atoms with Gasteiger partial charge in [-0.1, -0.05) is 5.16 Å². The predicted octanol–water partition coefficient (Wildman–Crippen LogP) is 2.64. The molecule has 1 aliphatic rings. The van der Waals surface area contributed by atoms with Gasteiger partial charge in [-0.25, -0.2) is 0 Å². The minimum Gasteiger partial charge on any atom is -0.486 e. The Morgan fingerprint density at radius 1 is 1.12 bits per heavy atom. The molecule has 7 nitrogen and oxygen atoms in total. The first-order valence-electron chi connectivity index (χ1n) is 7.47. The van der Waals surface area contributed by atoms with Crippen LogP contribution in [0.25, 0.3) is 11.3 Å². The smallest absolute Gasteiger partial charge is 0.287 e. The first-order valence-corrected chi connectivity index (χ1v) is 7.47. The average molecular weight is 326 g/mol. The summed E-state index contributed by atoms with van der Waals surface area (Å²) in [5.41, 5.74) is 1.44. The normalized spacial score (nSPS) is 12.8. The molecule has 4 rings (SSSR count). The van der Waals surface area contributed by atoms with Gasteiger partial charge in [0, 0.05) is 11.6 Å². The van der Waals surface area contributed by atoms with E-state index >= 15 is 0 Å². The van der Waals surface area contributed by atoms with Crippen LogP contribution in [0.5, 0.6) is 11.5 Å². The van der Waals surface area contributed by atoms with Gasteiger partial charge < -0.3 is 23.7 Å². The van der Waals surface area contributed by atoms with Crippen LogP contribution in [0.15, 0.2) is 51.6 Å². The number of furan rings is 1. The lowest BCUT2D eigenvalue weighted by molar-refractivity contribution is 0.0922. The number of carbonyl (C=O) groups is 1. The number of rotatable bonds is 4. The lowest BCUT2D eigenvalue weighted by Crippen LogP contribution is -2.22. The third kappa shape index (κ3) is 2.83. The molecule has 0 atom stereocenters. The Morgan fingerprint density at radius 3 is 2.83 bits per heavy atom. The summed E-state index contributed by atoms with van der Waals surface area (Å²) in [7, 11) is 0. The Bertz CT molecular complexity index is 854. The van der Waals surface area contributed by atoms with Crippen LogP contribution in [-0.4, -0.2) is 24.3 Å². The van der Waals surface area contributed by atoms with Gasteiger partial charge in [0.2, 0.25) is 0 Å². The van der Waals surface area contributed by atoms with Gasteiger partial charge in [0.15, 0.2) is 23.0 Å². The molecule has 1 aromatic carbocycles. The molecule has 122 valence electrons. The summed E-state index contributed by atoms with van der Waals surface area (Å²) in [6, 6.07) is 10.6. The van der Waals surface area contributed by atoms with Gasteiger partial charge in [0.25, 0.3) is 5.91 Å². The molecule has 0 spiro atoms. The molecular weight excluding hydrogens is 312 g/mol. The van der Waals surface area contributed by atoms with E-state index in [1.54, 1.807) is 18.2 Å². The Kier molecular flexibility index (Phi) is 3.66. The fourth-order valence-electron chi connectivity index (χ4n) is 2.39. The second-order valence-electron chi connectivity index (χ2n) is 5.20. The minimum atomic E-state index is -0.302. The average Bonchev–Trinajstić information content (AvgIpc) is 3.31. The lowest BCUT2D eigenvalue weighted by atomic mass is 10.1. The second-order valence-corrected chi connectivity index (χ2v) is 5.20. The van der Waals surface area contributed by atoms with Crippen LogP contribution >= 0.6 is 0 Å². The van der Waals surface area contributed by atoms with Crippen LogP contribution in [0.4, 0.5) is 0 Å². The molecule has 1 N–H and O–H groups in total. The van der Waals surface area contributed by atoms with E-state index in [9.17, 15) is 4.79 Å². The van der Waals surface area contributed by atoms with E-state index < -0.39 is 0 Å². The fourth-order valence-corrected chi connectivity index (χ4v) is 2.39. The zero-order valence-electron chi connectivity index (χ0n) is 12.7. The molecule has 0 radical (unpaired) electrons. The Labute approximate surface area is 137 Å². The van der Waals surface area contributed by atoms with E-state index in [1.165, 1.54) is 6.26 Å². The first kappa shape index (κ1) is 14.4. The fraction of sp³-hybridized carbons (Fsp3) is 0.176. The molecule has 7 heteroatoms. The number of carbonyl (C=O) groups excluding carboxylic acids is 1. The van der Waals surface area contributed by atoms with Crippen molar-refractivity contribution in [1.82, 2.24) is 10.5 Å². The number of nitrogens with one attached hydrogen (secondary N) is 1. The molecule has 24 heavy (non-hydrogen) atoms. The molecular formula is C17H14N2O5. The highest BCUT2D eigenvalue weighted by atomic mass is 16.6. The van der Waals surface area contributed by atoms with Crippen molar-refractivity contribution < 1.29 is 23.2 Å². The molecule has 1 amide bonds. The Hall–Kier alpha value is -3.22. The van der Waals surface area contributed by atoms with Crippen molar-refractivity contribution in [2.75, 3.05) is 13.2 Å². The van der Waals surface area contributed by atoms with Crippen LogP contribution in [-0.2, 0) is 6.54 Å².